The lowest BCUT2D eigenvalue weighted by Crippen LogP contribution is -2.06. The van der Waals surface area contributed by atoms with E-state index in [2.05, 4.69) is 5.32 Å². The van der Waals surface area contributed by atoms with E-state index in [1.165, 1.54) is 17.8 Å². The van der Waals surface area contributed by atoms with Gasteiger partial charge in [-0.25, -0.2) is 4.39 Å². The van der Waals surface area contributed by atoms with Crippen LogP contribution in [0.2, 0.25) is 5.02 Å². The highest BCUT2D eigenvalue weighted by Gasteiger charge is 2.09. The number of halogens is 2. The molecule has 0 aliphatic carbocycles. The van der Waals surface area contributed by atoms with Gasteiger partial charge >= 0.3 is 0 Å². The molecule has 0 heterocycles. The Hall–Kier alpha value is -1.03. The molecule has 18 heavy (non-hydrogen) atoms. The molecule has 94 valence electrons. The third-order valence-corrected chi connectivity index (χ3v) is 3.99. The summed E-state index contributed by atoms with van der Waals surface area (Å²) in [6.07, 6.45) is 0. The summed E-state index contributed by atoms with van der Waals surface area (Å²) in [6.45, 7) is 0.663. The topological polar surface area (TPSA) is 12.0 Å². The van der Waals surface area contributed by atoms with Crippen molar-refractivity contribution in [1.29, 1.82) is 0 Å². The molecule has 2 aromatic rings. The van der Waals surface area contributed by atoms with Crippen LogP contribution in [-0.4, -0.2) is 7.05 Å². The molecule has 0 saturated carbocycles. The van der Waals surface area contributed by atoms with Gasteiger partial charge in [0.25, 0.3) is 0 Å². The molecule has 4 heteroatoms. The minimum Gasteiger partial charge on any atom is -0.316 e. The van der Waals surface area contributed by atoms with Crippen LogP contribution in [0.3, 0.4) is 0 Å². The fourth-order valence-corrected chi connectivity index (χ4v) is 2.93. The number of hydrogen-bond acceptors (Lipinski definition) is 2. The zero-order chi connectivity index (χ0) is 13.0. The summed E-state index contributed by atoms with van der Waals surface area (Å²) < 4.78 is 13.6. The SMILES string of the molecule is CNCc1c(Cl)cccc1Sc1ccccc1F. The van der Waals surface area contributed by atoms with Crippen LogP contribution in [0.5, 0.6) is 0 Å². The predicted molar refractivity (Wildman–Crippen MR) is 74.7 cm³/mol. The van der Waals surface area contributed by atoms with E-state index in [0.717, 1.165) is 10.5 Å². The summed E-state index contributed by atoms with van der Waals surface area (Å²) in [6, 6.07) is 12.4. The first-order valence-corrected chi connectivity index (χ1v) is 6.76. The molecule has 0 spiro atoms. The van der Waals surface area contributed by atoms with Crippen molar-refractivity contribution in [3.8, 4) is 0 Å². The molecular weight excluding hydrogens is 269 g/mol. The van der Waals surface area contributed by atoms with Crippen molar-refractivity contribution in [1.82, 2.24) is 5.32 Å². The Bertz CT molecular complexity index is 545. The Morgan fingerprint density at radius 1 is 1.11 bits per heavy atom. The summed E-state index contributed by atoms with van der Waals surface area (Å²) in [7, 11) is 1.86. The summed E-state index contributed by atoms with van der Waals surface area (Å²) >= 11 is 7.56. The van der Waals surface area contributed by atoms with Gasteiger partial charge in [-0.1, -0.05) is 41.6 Å². The lowest BCUT2D eigenvalue weighted by Gasteiger charge is -2.11. The van der Waals surface area contributed by atoms with Gasteiger partial charge in [0.15, 0.2) is 0 Å². The first-order chi connectivity index (χ1) is 8.72. The van der Waals surface area contributed by atoms with Gasteiger partial charge in [0, 0.05) is 21.4 Å². The van der Waals surface area contributed by atoms with Crippen molar-refractivity contribution >= 4 is 23.4 Å². The maximum atomic E-state index is 13.6. The van der Waals surface area contributed by atoms with Crippen molar-refractivity contribution in [2.24, 2.45) is 0 Å². The van der Waals surface area contributed by atoms with Crippen molar-refractivity contribution < 1.29 is 4.39 Å². The third kappa shape index (κ3) is 3.05. The lowest BCUT2D eigenvalue weighted by molar-refractivity contribution is 0.602. The van der Waals surface area contributed by atoms with E-state index in [0.29, 0.717) is 16.5 Å². The molecule has 0 saturated heterocycles. The number of nitrogens with one attached hydrogen (secondary N) is 1. The van der Waals surface area contributed by atoms with Crippen LogP contribution in [0.25, 0.3) is 0 Å². The summed E-state index contributed by atoms with van der Waals surface area (Å²) in [5.74, 6) is -0.210. The van der Waals surface area contributed by atoms with Crippen LogP contribution in [-0.2, 0) is 6.54 Å². The van der Waals surface area contributed by atoms with E-state index >= 15 is 0 Å². The molecular formula is C14H13ClFNS. The van der Waals surface area contributed by atoms with E-state index in [9.17, 15) is 4.39 Å². The molecule has 0 aliphatic rings. The molecule has 1 N–H and O–H groups in total. The molecule has 0 bridgehead atoms. The maximum absolute atomic E-state index is 13.6. The Morgan fingerprint density at radius 2 is 1.83 bits per heavy atom. The summed E-state index contributed by atoms with van der Waals surface area (Å²) in [5, 5.41) is 3.77. The number of benzene rings is 2. The average Bonchev–Trinajstić information content (AvgIpc) is 2.36. The molecule has 2 rings (SSSR count). The van der Waals surface area contributed by atoms with Gasteiger partial charge in [0.1, 0.15) is 5.82 Å². The van der Waals surface area contributed by atoms with Crippen LogP contribution in [0.15, 0.2) is 52.3 Å². The van der Waals surface area contributed by atoms with Crippen LogP contribution in [0, 0.1) is 5.82 Å². The third-order valence-electron chi connectivity index (χ3n) is 2.49. The monoisotopic (exact) mass is 281 g/mol. The van der Waals surface area contributed by atoms with Crippen LogP contribution < -0.4 is 5.32 Å². The Balaban J connectivity index is 2.34. The smallest absolute Gasteiger partial charge is 0.137 e. The van der Waals surface area contributed by atoms with E-state index in [-0.39, 0.29) is 5.82 Å². The maximum Gasteiger partial charge on any atom is 0.137 e. The van der Waals surface area contributed by atoms with Gasteiger partial charge in [0.05, 0.1) is 0 Å². The average molecular weight is 282 g/mol. The highest BCUT2D eigenvalue weighted by atomic mass is 35.5. The zero-order valence-corrected chi connectivity index (χ0v) is 11.5. The van der Waals surface area contributed by atoms with Crippen molar-refractivity contribution in [2.45, 2.75) is 16.3 Å². The Kier molecular flexibility index (Phi) is 4.64. The van der Waals surface area contributed by atoms with E-state index in [4.69, 9.17) is 11.6 Å². The molecule has 1 nitrogen and oxygen atoms in total. The Labute approximate surface area is 115 Å². The number of rotatable bonds is 4. The first-order valence-electron chi connectivity index (χ1n) is 5.56. The van der Waals surface area contributed by atoms with Crippen LogP contribution >= 0.6 is 23.4 Å². The second-order valence-electron chi connectivity index (χ2n) is 3.78. The fourth-order valence-electron chi connectivity index (χ4n) is 1.63. The summed E-state index contributed by atoms with van der Waals surface area (Å²) in [4.78, 5) is 1.58. The second kappa shape index (κ2) is 6.23. The molecule has 2 aromatic carbocycles. The van der Waals surface area contributed by atoms with E-state index < -0.39 is 0 Å². The van der Waals surface area contributed by atoms with Gasteiger partial charge in [-0.15, -0.1) is 0 Å². The zero-order valence-electron chi connectivity index (χ0n) is 9.91. The first kappa shape index (κ1) is 13.4. The Morgan fingerprint density at radius 3 is 2.56 bits per heavy atom. The van der Waals surface area contributed by atoms with Crippen molar-refractivity contribution in [3.05, 3.63) is 58.9 Å². The van der Waals surface area contributed by atoms with Gasteiger partial charge < -0.3 is 5.32 Å². The normalized spacial score (nSPS) is 10.6. The molecule has 0 atom stereocenters. The second-order valence-corrected chi connectivity index (χ2v) is 5.27. The van der Waals surface area contributed by atoms with Gasteiger partial charge in [-0.05, 0) is 36.9 Å². The molecule has 0 radical (unpaired) electrons. The van der Waals surface area contributed by atoms with Crippen molar-refractivity contribution in [3.63, 3.8) is 0 Å². The van der Waals surface area contributed by atoms with Gasteiger partial charge in [0.2, 0.25) is 0 Å². The molecule has 0 amide bonds. The van der Waals surface area contributed by atoms with Crippen LogP contribution in [0.1, 0.15) is 5.56 Å². The van der Waals surface area contributed by atoms with Crippen LogP contribution in [0.4, 0.5) is 4.39 Å². The molecule has 0 fully saturated rings. The quantitative estimate of drug-likeness (QED) is 0.894. The van der Waals surface area contributed by atoms with E-state index in [1.54, 1.807) is 12.1 Å². The molecule has 0 unspecified atom stereocenters. The van der Waals surface area contributed by atoms with Crippen molar-refractivity contribution in [2.75, 3.05) is 7.05 Å². The molecule has 0 aromatic heterocycles. The minimum absolute atomic E-state index is 0.210. The highest BCUT2D eigenvalue weighted by molar-refractivity contribution is 7.99. The standard InChI is InChI=1S/C14H13ClFNS/c1-17-9-10-11(15)5-4-8-13(10)18-14-7-3-2-6-12(14)16/h2-8,17H,9H2,1H3. The lowest BCUT2D eigenvalue weighted by atomic mass is 10.2. The fraction of sp³-hybridized carbons (Fsp3) is 0.143. The van der Waals surface area contributed by atoms with Gasteiger partial charge in [-0.2, -0.15) is 0 Å². The number of hydrogen-bond donors (Lipinski definition) is 1. The minimum atomic E-state index is -0.210. The van der Waals surface area contributed by atoms with Gasteiger partial charge in [-0.3, -0.25) is 0 Å². The largest absolute Gasteiger partial charge is 0.316 e. The predicted octanol–water partition coefficient (Wildman–Crippen LogP) is 4.35. The highest BCUT2D eigenvalue weighted by Crippen LogP contribution is 2.34. The van der Waals surface area contributed by atoms with E-state index in [1.807, 2.05) is 31.3 Å². The summed E-state index contributed by atoms with van der Waals surface area (Å²) in [5.41, 5.74) is 0.995. The molecule has 0 aliphatic heterocycles.